The summed E-state index contributed by atoms with van der Waals surface area (Å²) < 4.78 is 10.3. The van der Waals surface area contributed by atoms with Crippen molar-refractivity contribution in [1.82, 2.24) is 0 Å². The van der Waals surface area contributed by atoms with Gasteiger partial charge in [0, 0.05) is 16.6 Å². The van der Waals surface area contributed by atoms with Gasteiger partial charge < -0.3 is 14.4 Å². The number of carbonyl (C=O) groups is 2. The summed E-state index contributed by atoms with van der Waals surface area (Å²) in [6.45, 7) is 0.0787. The summed E-state index contributed by atoms with van der Waals surface area (Å²) in [5.74, 6) is -0.140. The third-order valence-corrected chi connectivity index (χ3v) is 5.43. The number of hydrogen-bond donors (Lipinski definition) is 0. The molecule has 0 aliphatic rings. The topological polar surface area (TPSA) is 55.8 Å². The largest absolute Gasteiger partial charge is 0.497 e. The molecule has 0 atom stereocenters. The Morgan fingerprint density at radius 2 is 1.93 bits per heavy atom. The summed E-state index contributed by atoms with van der Waals surface area (Å²) in [7, 11) is 1.59. The van der Waals surface area contributed by atoms with Gasteiger partial charge in [0.15, 0.2) is 6.61 Å². The molecule has 3 rings (SSSR count). The van der Waals surface area contributed by atoms with Gasteiger partial charge in [-0.2, -0.15) is 11.3 Å². The van der Waals surface area contributed by atoms with Crippen molar-refractivity contribution in [3.05, 3.63) is 75.1 Å². The zero-order valence-corrected chi connectivity index (χ0v) is 16.9. The van der Waals surface area contributed by atoms with Crippen molar-refractivity contribution < 1.29 is 19.1 Å². The normalized spacial score (nSPS) is 10.8. The molecule has 0 N–H and O–H groups in total. The zero-order chi connectivity index (χ0) is 19.8. The molecule has 7 heteroatoms. The van der Waals surface area contributed by atoms with E-state index in [1.165, 1.54) is 6.08 Å². The number of hydrogen-bond acceptors (Lipinski definition) is 6. The predicted molar refractivity (Wildman–Crippen MR) is 113 cm³/mol. The lowest BCUT2D eigenvalue weighted by molar-refractivity contribution is -0.142. The molecule has 0 unspecified atom stereocenters. The first-order chi connectivity index (χ1) is 13.7. The summed E-state index contributed by atoms with van der Waals surface area (Å²) in [5.41, 5.74) is 1.63. The molecule has 1 amide bonds. The van der Waals surface area contributed by atoms with Gasteiger partial charge in [-0.05, 0) is 64.2 Å². The second-order valence-corrected chi connectivity index (χ2v) is 7.57. The molecule has 0 aliphatic carbocycles. The number of amides is 1. The van der Waals surface area contributed by atoms with E-state index in [9.17, 15) is 9.59 Å². The number of thiophene rings is 2. The van der Waals surface area contributed by atoms with Crippen molar-refractivity contribution in [2.24, 2.45) is 0 Å². The van der Waals surface area contributed by atoms with E-state index in [0.29, 0.717) is 18.0 Å². The van der Waals surface area contributed by atoms with Crippen molar-refractivity contribution in [2.45, 2.75) is 6.54 Å². The minimum Gasteiger partial charge on any atom is -0.497 e. The fourth-order valence-electron chi connectivity index (χ4n) is 2.44. The second kappa shape index (κ2) is 9.87. The van der Waals surface area contributed by atoms with Crippen LogP contribution in [0.4, 0.5) is 5.69 Å². The fraction of sp³-hybridized carbons (Fsp3) is 0.143. The SMILES string of the molecule is COc1ccc(N(Cc2cccs2)C(=O)COC(=O)/C=C/c2ccsc2)cc1. The Kier molecular flexibility index (Phi) is 7.00. The van der Waals surface area contributed by atoms with Crippen LogP contribution in [0.1, 0.15) is 10.4 Å². The molecule has 0 saturated heterocycles. The van der Waals surface area contributed by atoms with Crippen molar-refractivity contribution >= 4 is 46.3 Å². The molecule has 0 radical (unpaired) electrons. The summed E-state index contributed by atoms with van der Waals surface area (Å²) in [5, 5.41) is 5.80. The van der Waals surface area contributed by atoms with Crippen LogP contribution in [-0.2, 0) is 20.9 Å². The quantitative estimate of drug-likeness (QED) is 0.400. The second-order valence-electron chi connectivity index (χ2n) is 5.75. The lowest BCUT2D eigenvalue weighted by Crippen LogP contribution is -2.33. The van der Waals surface area contributed by atoms with E-state index >= 15 is 0 Å². The van der Waals surface area contributed by atoms with Crippen LogP contribution in [0.3, 0.4) is 0 Å². The fourth-order valence-corrected chi connectivity index (χ4v) is 3.76. The van der Waals surface area contributed by atoms with E-state index < -0.39 is 5.97 Å². The molecular formula is C21H19NO4S2. The van der Waals surface area contributed by atoms with Gasteiger partial charge >= 0.3 is 5.97 Å². The van der Waals surface area contributed by atoms with Crippen LogP contribution in [0.25, 0.3) is 6.08 Å². The zero-order valence-electron chi connectivity index (χ0n) is 15.2. The van der Waals surface area contributed by atoms with Crippen LogP contribution in [0, 0.1) is 0 Å². The predicted octanol–water partition coefficient (Wildman–Crippen LogP) is 4.61. The van der Waals surface area contributed by atoms with Crippen LogP contribution in [0.15, 0.2) is 64.7 Å². The average molecular weight is 414 g/mol. The Hall–Kier alpha value is -2.90. The van der Waals surface area contributed by atoms with Gasteiger partial charge in [-0.1, -0.05) is 6.07 Å². The highest BCUT2D eigenvalue weighted by atomic mass is 32.1. The number of carbonyl (C=O) groups excluding carboxylic acids is 2. The number of rotatable bonds is 8. The highest BCUT2D eigenvalue weighted by molar-refractivity contribution is 7.09. The number of benzene rings is 1. The maximum atomic E-state index is 12.8. The van der Waals surface area contributed by atoms with E-state index in [2.05, 4.69) is 0 Å². The first-order valence-corrected chi connectivity index (χ1v) is 10.3. The Balaban J connectivity index is 1.66. The smallest absolute Gasteiger partial charge is 0.331 e. The molecule has 1 aromatic carbocycles. The molecular weight excluding hydrogens is 394 g/mol. The van der Waals surface area contributed by atoms with Crippen molar-refractivity contribution in [3.8, 4) is 5.75 Å². The number of ether oxygens (including phenoxy) is 2. The van der Waals surface area contributed by atoms with Gasteiger partial charge in [0.2, 0.25) is 0 Å². The number of nitrogens with zero attached hydrogens (tertiary/aromatic N) is 1. The monoisotopic (exact) mass is 413 g/mol. The molecule has 3 aromatic rings. The Bertz CT molecular complexity index is 916. The van der Waals surface area contributed by atoms with Gasteiger partial charge in [-0.15, -0.1) is 11.3 Å². The minimum absolute atomic E-state index is 0.296. The van der Waals surface area contributed by atoms with Gasteiger partial charge in [0.1, 0.15) is 5.75 Å². The molecule has 0 bridgehead atoms. The van der Waals surface area contributed by atoms with E-state index in [1.54, 1.807) is 52.9 Å². The van der Waals surface area contributed by atoms with Crippen LogP contribution in [-0.4, -0.2) is 25.6 Å². The van der Waals surface area contributed by atoms with E-state index in [4.69, 9.17) is 9.47 Å². The highest BCUT2D eigenvalue weighted by Gasteiger charge is 2.18. The van der Waals surface area contributed by atoms with Crippen LogP contribution in [0.2, 0.25) is 0 Å². The maximum Gasteiger partial charge on any atom is 0.331 e. The first kappa shape index (κ1) is 19.9. The van der Waals surface area contributed by atoms with Crippen LogP contribution >= 0.6 is 22.7 Å². The molecule has 0 fully saturated rings. The standard InChI is InChI=1S/C21H19NO4S2/c1-25-18-7-5-17(6-8-18)22(13-19-3-2-11-28-19)20(23)14-26-21(24)9-4-16-10-12-27-15-16/h2-12,15H,13-14H2,1H3/b9-4+. The molecule has 0 spiro atoms. The summed E-state index contributed by atoms with van der Waals surface area (Å²) in [4.78, 5) is 27.3. The first-order valence-electron chi connectivity index (χ1n) is 8.49. The van der Waals surface area contributed by atoms with Crippen molar-refractivity contribution in [2.75, 3.05) is 18.6 Å². The Labute approximate surface area is 171 Å². The van der Waals surface area contributed by atoms with Gasteiger partial charge in [0.25, 0.3) is 5.91 Å². The molecule has 144 valence electrons. The third-order valence-electron chi connectivity index (χ3n) is 3.87. The van der Waals surface area contributed by atoms with E-state index in [0.717, 1.165) is 10.4 Å². The minimum atomic E-state index is -0.551. The molecule has 5 nitrogen and oxygen atoms in total. The molecule has 0 saturated carbocycles. The summed E-state index contributed by atoms with van der Waals surface area (Å²) >= 11 is 3.11. The number of methoxy groups -OCH3 is 1. The van der Waals surface area contributed by atoms with Crippen LogP contribution < -0.4 is 9.64 Å². The number of anilines is 1. The van der Waals surface area contributed by atoms with Crippen molar-refractivity contribution in [1.29, 1.82) is 0 Å². The van der Waals surface area contributed by atoms with Crippen molar-refractivity contribution in [3.63, 3.8) is 0 Å². The lowest BCUT2D eigenvalue weighted by Gasteiger charge is -2.22. The maximum absolute atomic E-state index is 12.8. The lowest BCUT2D eigenvalue weighted by atomic mass is 10.2. The number of esters is 1. The van der Waals surface area contributed by atoms with E-state index in [1.807, 2.05) is 46.5 Å². The summed E-state index contributed by atoms with van der Waals surface area (Å²) in [6, 6.07) is 13.0. The van der Waals surface area contributed by atoms with Gasteiger partial charge in [-0.25, -0.2) is 4.79 Å². The third kappa shape index (κ3) is 5.55. The molecule has 28 heavy (non-hydrogen) atoms. The van der Waals surface area contributed by atoms with Gasteiger partial charge in [0.05, 0.1) is 13.7 Å². The molecule has 0 aliphatic heterocycles. The Morgan fingerprint density at radius 3 is 2.57 bits per heavy atom. The van der Waals surface area contributed by atoms with Crippen LogP contribution in [0.5, 0.6) is 5.75 Å². The molecule has 2 aromatic heterocycles. The highest BCUT2D eigenvalue weighted by Crippen LogP contribution is 2.23. The Morgan fingerprint density at radius 1 is 1.11 bits per heavy atom. The molecule has 2 heterocycles. The van der Waals surface area contributed by atoms with Gasteiger partial charge in [-0.3, -0.25) is 4.79 Å². The summed E-state index contributed by atoms with van der Waals surface area (Å²) in [6.07, 6.45) is 2.99. The van der Waals surface area contributed by atoms with E-state index in [-0.39, 0.29) is 12.5 Å². The average Bonchev–Trinajstić information content (AvgIpc) is 3.43.